The van der Waals surface area contributed by atoms with E-state index in [4.69, 9.17) is 4.74 Å². The van der Waals surface area contributed by atoms with Crippen LogP contribution in [0, 0.1) is 11.6 Å². The van der Waals surface area contributed by atoms with Crippen LogP contribution in [0.2, 0.25) is 0 Å². The predicted molar refractivity (Wildman–Crippen MR) is 102 cm³/mol. The zero-order valence-corrected chi connectivity index (χ0v) is 16.7. The number of carbonyl (C=O) groups is 2. The van der Waals surface area contributed by atoms with Crippen LogP contribution in [0.3, 0.4) is 0 Å². The number of carbonyl (C=O) groups excluding carboxylic acids is 2. The van der Waals surface area contributed by atoms with Crippen LogP contribution in [-0.2, 0) is 19.6 Å². The minimum Gasteiger partial charge on any atom is -0.449 e. The first kappa shape index (κ1) is 22.4. The van der Waals surface area contributed by atoms with Crippen molar-refractivity contribution in [1.29, 1.82) is 0 Å². The van der Waals surface area contributed by atoms with E-state index in [-0.39, 0.29) is 16.6 Å². The Morgan fingerprint density at radius 3 is 2.03 bits per heavy atom. The number of amides is 1. The lowest BCUT2D eigenvalue weighted by Gasteiger charge is -2.14. The topological polar surface area (TPSA) is 102 Å². The van der Waals surface area contributed by atoms with Gasteiger partial charge in [0.05, 0.1) is 4.90 Å². The van der Waals surface area contributed by atoms with Gasteiger partial charge in [-0.15, -0.1) is 0 Å². The average Bonchev–Trinajstić information content (AvgIpc) is 2.60. The molecule has 0 fully saturated rings. The lowest BCUT2D eigenvalue weighted by Crippen LogP contribution is -2.31. The van der Waals surface area contributed by atoms with Gasteiger partial charge in [-0.25, -0.2) is 26.7 Å². The maximum absolute atomic E-state index is 13.6. The van der Waals surface area contributed by atoms with Crippen LogP contribution in [-0.4, -0.2) is 32.4 Å². The van der Waals surface area contributed by atoms with E-state index in [0.717, 1.165) is 18.2 Å². The Morgan fingerprint density at radius 1 is 0.966 bits per heavy atom. The standard InChI is InChI=1S/C19H20F2N2O5S/c1-11(2)23-29(26,27)14-9-7-13(8-10-14)22-18(24)12(3)28-19(25)17-15(20)5-4-6-16(17)21/h4-12,23H,1-3H3,(H,22,24). The third-order valence-electron chi connectivity index (χ3n) is 3.64. The number of halogens is 2. The summed E-state index contributed by atoms with van der Waals surface area (Å²) in [6.07, 6.45) is -1.35. The molecule has 0 spiro atoms. The molecule has 0 saturated carbocycles. The summed E-state index contributed by atoms with van der Waals surface area (Å²) >= 11 is 0. The molecule has 10 heteroatoms. The van der Waals surface area contributed by atoms with Gasteiger partial charge >= 0.3 is 5.97 Å². The number of ether oxygens (including phenoxy) is 1. The van der Waals surface area contributed by atoms with Gasteiger partial charge in [0.1, 0.15) is 17.2 Å². The van der Waals surface area contributed by atoms with Gasteiger partial charge in [0.25, 0.3) is 5.91 Å². The maximum atomic E-state index is 13.6. The van der Waals surface area contributed by atoms with Crippen LogP contribution in [0.15, 0.2) is 47.4 Å². The number of hydrogen-bond acceptors (Lipinski definition) is 5. The molecule has 0 bridgehead atoms. The summed E-state index contributed by atoms with van der Waals surface area (Å²) in [5.41, 5.74) is -0.641. The summed E-state index contributed by atoms with van der Waals surface area (Å²) in [5, 5.41) is 2.43. The Balaban J connectivity index is 2.03. The molecule has 0 radical (unpaired) electrons. The lowest BCUT2D eigenvalue weighted by molar-refractivity contribution is -0.123. The Labute approximate surface area is 167 Å². The maximum Gasteiger partial charge on any atom is 0.344 e. The first-order valence-corrected chi connectivity index (χ1v) is 10.1. The largest absolute Gasteiger partial charge is 0.449 e. The quantitative estimate of drug-likeness (QED) is 0.663. The van der Waals surface area contributed by atoms with Gasteiger partial charge in [-0.3, -0.25) is 4.79 Å². The van der Waals surface area contributed by atoms with Gasteiger partial charge in [-0.2, -0.15) is 0 Å². The minimum atomic E-state index is -3.68. The molecular formula is C19H20F2N2O5S. The van der Waals surface area contributed by atoms with E-state index in [1.54, 1.807) is 13.8 Å². The SMILES string of the molecule is CC(C)NS(=O)(=O)c1ccc(NC(=O)C(C)OC(=O)c2c(F)cccc2F)cc1. The average molecular weight is 426 g/mol. The summed E-state index contributed by atoms with van der Waals surface area (Å²) in [6.45, 7) is 4.60. The molecule has 0 aliphatic heterocycles. The van der Waals surface area contributed by atoms with Crippen LogP contribution in [0.5, 0.6) is 0 Å². The van der Waals surface area contributed by atoms with Crippen LogP contribution in [0.1, 0.15) is 31.1 Å². The fourth-order valence-corrected chi connectivity index (χ4v) is 3.56. The zero-order chi connectivity index (χ0) is 21.8. The Bertz CT molecular complexity index is 988. The van der Waals surface area contributed by atoms with Crippen molar-refractivity contribution < 1.29 is 31.5 Å². The first-order valence-electron chi connectivity index (χ1n) is 8.59. The monoisotopic (exact) mass is 426 g/mol. The summed E-state index contributed by atoms with van der Waals surface area (Å²) in [7, 11) is -3.68. The Kier molecular flexibility index (Phi) is 7.04. The van der Waals surface area contributed by atoms with E-state index in [1.807, 2.05) is 0 Å². The van der Waals surface area contributed by atoms with Gasteiger partial charge in [0.2, 0.25) is 10.0 Å². The normalized spacial score (nSPS) is 12.5. The number of nitrogens with one attached hydrogen (secondary N) is 2. The Hall–Kier alpha value is -2.85. The van der Waals surface area contributed by atoms with Gasteiger partial charge in [-0.05, 0) is 57.2 Å². The smallest absolute Gasteiger partial charge is 0.344 e. The fraction of sp³-hybridized carbons (Fsp3) is 0.263. The summed E-state index contributed by atoms with van der Waals surface area (Å²) in [4.78, 5) is 24.1. The molecule has 1 atom stereocenters. The van der Waals surface area contributed by atoms with E-state index >= 15 is 0 Å². The van der Waals surface area contributed by atoms with Crippen molar-refractivity contribution in [3.8, 4) is 0 Å². The van der Waals surface area contributed by atoms with E-state index < -0.39 is 45.2 Å². The van der Waals surface area contributed by atoms with Crippen LogP contribution in [0.25, 0.3) is 0 Å². The van der Waals surface area contributed by atoms with Crippen molar-refractivity contribution >= 4 is 27.6 Å². The molecular weight excluding hydrogens is 406 g/mol. The van der Waals surface area contributed by atoms with E-state index in [2.05, 4.69) is 10.0 Å². The summed E-state index contributed by atoms with van der Waals surface area (Å²) < 4.78 is 58.6. The van der Waals surface area contributed by atoms with Gasteiger partial charge in [-0.1, -0.05) is 6.07 Å². The number of anilines is 1. The van der Waals surface area contributed by atoms with Crippen LogP contribution in [0.4, 0.5) is 14.5 Å². The van der Waals surface area contributed by atoms with Crippen LogP contribution >= 0.6 is 0 Å². The highest BCUT2D eigenvalue weighted by Gasteiger charge is 2.24. The second-order valence-corrected chi connectivity index (χ2v) is 8.15. The molecule has 2 N–H and O–H groups in total. The molecule has 2 aromatic rings. The van der Waals surface area contributed by atoms with E-state index in [1.165, 1.54) is 31.2 Å². The van der Waals surface area contributed by atoms with Crippen molar-refractivity contribution in [1.82, 2.24) is 4.72 Å². The first-order chi connectivity index (χ1) is 13.5. The second-order valence-electron chi connectivity index (χ2n) is 6.43. The molecule has 29 heavy (non-hydrogen) atoms. The number of hydrogen-bond donors (Lipinski definition) is 2. The third-order valence-corrected chi connectivity index (χ3v) is 5.32. The van der Waals surface area contributed by atoms with Crippen molar-refractivity contribution in [2.24, 2.45) is 0 Å². The lowest BCUT2D eigenvalue weighted by atomic mass is 10.2. The molecule has 0 saturated heterocycles. The fourth-order valence-electron chi connectivity index (χ4n) is 2.31. The predicted octanol–water partition coefficient (Wildman–Crippen LogP) is 2.84. The highest BCUT2D eigenvalue weighted by molar-refractivity contribution is 7.89. The molecule has 1 amide bonds. The summed E-state index contributed by atoms with van der Waals surface area (Å²) in [5.74, 6) is -4.28. The highest BCUT2D eigenvalue weighted by atomic mass is 32.2. The molecule has 7 nitrogen and oxygen atoms in total. The van der Waals surface area contributed by atoms with E-state index in [9.17, 15) is 26.8 Å². The highest BCUT2D eigenvalue weighted by Crippen LogP contribution is 2.17. The van der Waals surface area contributed by atoms with Crippen molar-refractivity contribution in [2.45, 2.75) is 37.8 Å². The molecule has 0 aliphatic rings. The molecule has 1 unspecified atom stereocenters. The number of esters is 1. The number of sulfonamides is 1. The van der Waals surface area contributed by atoms with Gasteiger partial charge in [0, 0.05) is 11.7 Å². The Morgan fingerprint density at radius 2 is 1.52 bits per heavy atom. The van der Waals surface area contributed by atoms with E-state index in [0.29, 0.717) is 0 Å². The van der Waals surface area contributed by atoms with Crippen molar-refractivity contribution in [3.05, 3.63) is 59.7 Å². The molecule has 0 heterocycles. The second kappa shape index (κ2) is 9.10. The molecule has 156 valence electrons. The number of rotatable bonds is 7. The minimum absolute atomic E-state index is 0.0127. The number of benzene rings is 2. The third kappa shape index (κ3) is 5.81. The molecule has 0 aliphatic carbocycles. The van der Waals surface area contributed by atoms with Crippen molar-refractivity contribution in [2.75, 3.05) is 5.32 Å². The molecule has 2 rings (SSSR count). The summed E-state index contributed by atoms with van der Waals surface area (Å²) in [6, 6.07) is 7.92. The zero-order valence-electron chi connectivity index (χ0n) is 15.9. The molecule has 0 aromatic heterocycles. The van der Waals surface area contributed by atoms with Gasteiger partial charge < -0.3 is 10.1 Å². The molecule has 2 aromatic carbocycles. The van der Waals surface area contributed by atoms with Gasteiger partial charge in [0.15, 0.2) is 6.10 Å². The van der Waals surface area contributed by atoms with Crippen molar-refractivity contribution in [3.63, 3.8) is 0 Å². The van der Waals surface area contributed by atoms with Crippen LogP contribution < -0.4 is 10.0 Å².